The Labute approximate surface area is 178 Å². The standard InChI is InChI=1S/C23H33N5O2/c1-3-7-19(8-4-2)27-22-11-21(25-16-26-22)23(30)24-12-20(29)15-28-13-17-9-5-6-10-18(17)14-28/h5-6,9-11,16,19-20,29H,3-4,7-8,12-15H2,1-2H3,(H,24,30)(H,25,26,27). The number of carbonyl (C=O) groups excluding carboxylic acids is 1. The second-order valence-electron chi connectivity index (χ2n) is 8.01. The van der Waals surface area contributed by atoms with Crippen molar-refractivity contribution in [2.75, 3.05) is 18.4 Å². The summed E-state index contributed by atoms with van der Waals surface area (Å²) in [6, 6.07) is 10.3. The molecule has 1 aliphatic heterocycles. The van der Waals surface area contributed by atoms with E-state index < -0.39 is 6.10 Å². The fraction of sp³-hybridized carbons (Fsp3) is 0.522. The average molecular weight is 412 g/mol. The van der Waals surface area contributed by atoms with Gasteiger partial charge in [0.15, 0.2) is 0 Å². The van der Waals surface area contributed by atoms with Crippen LogP contribution < -0.4 is 10.6 Å². The van der Waals surface area contributed by atoms with Crippen LogP contribution in [0.25, 0.3) is 0 Å². The van der Waals surface area contributed by atoms with Crippen LogP contribution in [0.3, 0.4) is 0 Å². The first-order valence-corrected chi connectivity index (χ1v) is 10.9. The summed E-state index contributed by atoms with van der Waals surface area (Å²) >= 11 is 0. The van der Waals surface area contributed by atoms with Gasteiger partial charge in [-0.05, 0) is 24.0 Å². The highest BCUT2D eigenvalue weighted by Crippen LogP contribution is 2.22. The molecule has 0 bridgehead atoms. The zero-order valence-corrected chi connectivity index (χ0v) is 18.0. The van der Waals surface area contributed by atoms with E-state index in [4.69, 9.17) is 0 Å². The predicted molar refractivity (Wildman–Crippen MR) is 118 cm³/mol. The molecule has 162 valence electrons. The van der Waals surface area contributed by atoms with Crippen LogP contribution in [0.15, 0.2) is 36.7 Å². The van der Waals surface area contributed by atoms with Gasteiger partial charge in [0.2, 0.25) is 0 Å². The molecule has 1 atom stereocenters. The first-order valence-electron chi connectivity index (χ1n) is 10.9. The molecule has 0 aliphatic carbocycles. The summed E-state index contributed by atoms with van der Waals surface area (Å²) in [5.74, 6) is 0.365. The highest BCUT2D eigenvalue weighted by molar-refractivity contribution is 5.92. The number of hydrogen-bond donors (Lipinski definition) is 3. The molecule has 2 heterocycles. The lowest BCUT2D eigenvalue weighted by atomic mass is 10.1. The number of aliphatic hydroxyl groups is 1. The van der Waals surface area contributed by atoms with Crippen LogP contribution in [0.1, 0.15) is 61.1 Å². The van der Waals surface area contributed by atoms with Gasteiger partial charge in [-0.25, -0.2) is 9.97 Å². The summed E-state index contributed by atoms with van der Waals surface area (Å²) in [5, 5.41) is 16.6. The highest BCUT2D eigenvalue weighted by Gasteiger charge is 2.21. The van der Waals surface area contributed by atoms with E-state index in [0.717, 1.165) is 38.8 Å². The highest BCUT2D eigenvalue weighted by atomic mass is 16.3. The molecule has 0 saturated carbocycles. The molecule has 1 aromatic carbocycles. The van der Waals surface area contributed by atoms with E-state index in [1.807, 2.05) is 12.1 Å². The van der Waals surface area contributed by atoms with Crippen molar-refractivity contribution < 1.29 is 9.90 Å². The third-order valence-electron chi connectivity index (χ3n) is 5.40. The van der Waals surface area contributed by atoms with Gasteiger partial charge >= 0.3 is 0 Å². The SMILES string of the molecule is CCCC(CCC)Nc1cc(C(=O)NCC(O)CN2Cc3ccccc3C2)ncn1. The monoisotopic (exact) mass is 411 g/mol. The van der Waals surface area contributed by atoms with Gasteiger partial charge in [-0.15, -0.1) is 0 Å². The average Bonchev–Trinajstić information content (AvgIpc) is 3.15. The molecule has 1 unspecified atom stereocenters. The zero-order valence-electron chi connectivity index (χ0n) is 18.0. The molecule has 7 nitrogen and oxygen atoms in total. The van der Waals surface area contributed by atoms with Crippen molar-refractivity contribution in [1.82, 2.24) is 20.2 Å². The Balaban J connectivity index is 1.47. The summed E-state index contributed by atoms with van der Waals surface area (Å²) in [5.41, 5.74) is 2.92. The number of fused-ring (bicyclic) bond motifs is 1. The van der Waals surface area contributed by atoms with Gasteiger partial charge in [0.25, 0.3) is 5.91 Å². The van der Waals surface area contributed by atoms with Crippen molar-refractivity contribution in [3.63, 3.8) is 0 Å². The molecule has 0 radical (unpaired) electrons. The number of amides is 1. The largest absolute Gasteiger partial charge is 0.390 e. The fourth-order valence-corrected chi connectivity index (χ4v) is 3.95. The normalized spacial score (nSPS) is 14.5. The lowest BCUT2D eigenvalue weighted by Crippen LogP contribution is -2.38. The number of aliphatic hydroxyl groups excluding tert-OH is 1. The molecule has 1 aliphatic rings. The summed E-state index contributed by atoms with van der Waals surface area (Å²) < 4.78 is 0. The van der Waals surface area contributed by atoms with Crippen LogP contribution in [0.4, 0.5) is 5.82 Å². The topological polar surface area (TPSA) is 90.4 Å². The van der Waals surface area contributed by atoms with E-state index in [-0.39, 0.29) is 12.5 Å². The van der Waals surface area contributed by atoms with E-state index in [9.17, 15) is 9.90 Å². The van der Waals surface area contributed by atoms with Crippen molar-refractivity contribution in [3.05, 3.63) is 53.5 Å². The summed E-state index contributed by atoms with van der Waals surface area (Å²) in [6.45, 7) is 6.69. The van der Waals surface area contributed by atoms with Crippen LogP contribution in [0.5, 0.6) is 0 Å². The predicted octanol–water partition coefficient (Wildman–Crippen LogP) is 2.96. The Morgan fingerprint density at radius 1 is 1.13 bits per heavy atom. The summed E-state index contributed by atoms with van der Waals surface area (Å²) in [4.78, 5) is 23.0. The second kappa shape index (κ2) is 11.0. The Kier molecular flexibility index (Phi) is 8.16. The van der Waals surface area contributed by atoms with Gasteiger partial charge < -0.3 is 15.7 Å². The Morgan fingerprint density at radius 2 is 1.80 bits per heavy atom. The minimum absolute atomic E-state index is 0.187. The van der Waals surface area contributed by atoms with Gasteiger partial charge in [-0.2, -0.15) is 0 Å². The Bertz CT molecular complexity index is 798. The first-order chi connectivity index (χ1) is 14.6. The molecule has 2 aromatic rings. The van der Waals surface area contributed by atoms with Crippen molar-refractivity contribution >= 4 is 11.7 Å². The van der Waals surface area contributed by atoms with Gasteiger partial charge in [0.05, 0.1) is 6.10 Å². The van der Waals surface area contributed by atoms with Crippen molar-refractivity contribution in [2.24, 2.45) is 0 Å². The molecule has 0 fully saturated rings. The number of hydrogen-bond acceptors (Lipinski definition) is 6. The minimum Gasteiger partial charge on any atom is -0.390 e. The number of benzene rings is 1. The number of nitrogens with one attached hydrogen (secondary N) is 2. The van der Waals surface area contributed by atoms with Crippen molar-refractivity contribution in [2.45, 2.75) is 64.8 Å². The number of nitrogens with zero attached hydrogens (tertiary/aromatic N) is 3. The fourth-order valence-electron chi connectivity index (χ4n) is 3.95. The molecule has 1 amide bonds. The molecule has 3 rings (SSSR count). The van der Waals surface area contributed by atoms with Crippen molar-refractivity contribution in [3.8, 4) is 0 Å². The maximum Gasteiger partial charge on any atom is 0.270 e. The molecular formula is C23H33N5O2. The molecule has 0 spiro atoms. The Morgan fingerprint density at radius 3 is 2.43 bits per heavy atom. The molecule has 0 saturated heterocycles. The molecule has 7 heteroatoms. The van der Waals surface area contributed by atoms with Gasteiger partial charge in [-0.3, -0.25) is 9.69 Å². The van der Waals surface area contributed by atoms with E-state index in [2.05, 4.69) is 51.5 Å². The van der Waals surface area contributed by atoms with Crippen LogP contribution >= 0.6 is 0 Å². The number of rotatable bonds is 11. The maximum atomic E-state index is 12.5. The second-order valence-corrected chi connectivity index (χ2v) is 8.01. The van der Waals surface area contributed by atoms with Crippen LogP contribution in [-0.2, 0) is 13.1 Å². The first kappa shape index (κ1) is 22.2. The molecule has 30 heavy (non-hydrogen) atoms. The molecule has 1 aromatic heterocycles. The van der Waals surface area contributed by atoms with E-state index >= 15 is 0 Å². The zero-order chi connectivity index (χ0) is 21.3. The molecular weight excluding hydrogens is 378 g/mol. The number of aromatic nitrogens is 2. The summed E-state index contributed by atoms with van der Waals surface area (Å²) in [6.07, 6.45) is 5.08. The van der Waals surface area contributed by atoms with E-state index in [1.54, 1.807) is 6.07 Å². The summed E-state index contributed by atoms with van der Waals surface area (Å²) in [7, 11) is 0. The number of anilines is 1. The van der Waals surface area contributed by atoms with Crippen LogP contribution in [0.2, 0.25) is 0 Å². The lowest BCUT2D eigenvalue weighted by molar-refractivity contribution is 0.0851. The lowest BCUT2D eigenvalue weighted by Gasteiger charge is -2.20. The minimum atomic E-state index is -0.638. The smallest absolute Gasteiger partial charge is 0.270 e. The third kappa shape index (κ3) is 6.24. The van der Waals surface area contributed by atoms with Crippen molar-refractivity contribution in [1.29, 1.82) is 0 Å². The van der Waals surface area contributed by atoms with Gasteiger partial charge in [0.1, 0.15) is 17.8 Å². The number of carbonyl (C=O) groups is 1. The maximum absolute atomic E-state index is 12.5. The number of β-amino-alcohol motifs (C(OH)–C–C–N with tert-alkyl or cyclic N) is 1. The van der Waals surface area contributed by atoms with Crippen LogP contribution in [0, 0.1) is 0 Å². The van der Waals surface area contributed by atoms with Gasteiger partial charge in [-0.1, -0.05) is 51.0 Å². The van der Waals surface area contributed by atoms with Crippen LogP contribution in [-0.4, -0.2) is 51.1 Å². The van der Waals surface area contributed by atoms with Gasteiger partial charge in [0, 0.05) is 38.3 Å². The van der Waals surface area contributed by atoms with E-state index in [0.29, 0.717) is 24.1 Å². The van der Waals surface area contributed by atoms with E-state index in [1.165, 1.54) is 17.5 Å². The molecule has 3 N–H and O–H groups in total. The quantitative estimate of drug-likeness (QED) is 0.527. The Hall–Kier alpha value is -2.51. The third-order valence-corrected chi connectivity index (χ3v) is 5.40.